The highest BCUT2D eigenvalue weighted by Gasteiger charge is 2.19. The van der Waals surface area contributed by atoms with Crippen LogP contribution in [0, 0.1) is 13.8 Å². The Morgan fingerprint density at radius 2 is 1.95 bits per heavy atom. The first-order chi connectivity index (χ1) is 10.1. The molecule has 5 nitrogen and oxygen atoms in total. The van der Waals surface area contributed by atoms with Gasteiger partial charge in [0.1, 0.15) is 5.75 Å². The van der Waals surface area contributed by atoms with Crippen molar-refractivity contribution in [1.29, 1.82) is 0 Å². The summed E-state index contributed by atoms with van der Waals surface area (Å²) in [5, 5.41) is 2.83. The van der Waals surface area contributed by atoms with Gasteiger partial charge in [0.05, 0.1) is 0 Å². The van der Waals surface area contributed by atoms with Crippen LogP contribution in [0.1, 0.15) is 18.1 Å². The average molecular weight is 291 g/mol. The molecule has 1 N–H and O–H groups in total. The zero-order valence-corrected chi connectivity index (χ0v) is 13.2. The normalized spacial score (nSPS) is 15.9. The van der Waals surface area contributed by atoms with Crippen LogP contribution in [-0.2, 0) is 0 Å². The van der Waals surface area contributed by atoms with Gasteiger partial charge in [-0.2, -0.15) is 0 Å². The number of benzene rings is 1. The topological polar surface area (TPSA) is 44.8 Å². The molecule has 0 radical (unpaired) electrons. The number of urea groups is 1. The maximum absolute atomic E-state index is 12.1. The van der Waals surface area contributed by atoms with E-state index in [2.05, 4.69) is 17.1 Å². The van der Waals surface area contributed by atoms with Gasteiger partial charge < -0.3 is 19.9 Å². The van der Waals surface area contributed by atoms with Crippen LogP contribution < -0.4 is 10.1 Å². The fourth-order valence-corrected chi connectivity index (χ4v) is 2.44. The third-order valence-electron chi connectivity index (χ3n) is 4.11. The first-order valence-electron chi connectivity index (χ1n) is 7.56. The summed E-state index contributed by atoms with van der Waals surface area (Å²) in [6, 6.07) is 5.89. The van der Waals surface area contributed by atoms with E-state index in [1.165, 1.54) is 5.56 Å². The molecule has 0 atom stereocenters. The van der Waals surface area contributed by atoms with Crippen LogP contribution in [0.5, 0.6) is 5.75 Å². The molecule has 1 aliphatic rings. The second-order valence-corrected chi connectivity index (χ2v) is 5.39. The molecular weight excluding hydrogens is 266 g/mol. The molecule has 21 heavy (non-hydrogen) atoms. The van der Waals surface area contributed by atoms with Crippen molar-refractivity contribution < 1.29 is 9.53 Å². The SMILES string of the molecule is CCN1CCN(C(=O)NCOc2cccc(C)c2C)CC1. The minimum absolute atomic E-state index is 0.0453. The van der Waals surface area contributed by atoms with Crippen LogP contribution in [0.3, 0.4) is 0 Å². The van der Waals surface area contributed by atoms with E-state index in [4.69, 9.17) is 4.74 Å². The van der Waals surface area contributed by atoms with Crippen LogP contribution in [0.15, 0.2) is 18.2 Å². The monoisotopic (exact) mass is 291 g/mol. The van der Waals surface area contributed by atoms with E-state index in [9.17, 15) is 4.79 Å². The van der Waals surface area contributed by atoms with Crippen LogP contribution in [0.25, 0.3) is 0 Å². The van der Waals surface area contributed by atoms with Gasteiger partial charge >= 0.3 is 6.03 Å². The van der Waals surface area contributed by atoms with Crippen LogP contribution in [-0.4, -0.2) is 55.3 Å². The van der Waals surface area contributed by atoms with Crippen molar-refractivity contribution in [1.82, 2.24) is 15.1 Å². The lowest BCUT2D eigenvalue weighted by Gasteiger charge is -2.33. The van der Waals surface area contributed by atoms with Crippen LogP contribution in [0.2, 0.25) is 0 Å². The van der Waals surface area contributed by atoms with Crippen molar-refractivity contribution in [3.63, 3.8) is 0 Å². The maximum Gasteiger partial charge on any atom is 0.320 e. The van der Waals surface area contributed by atoms with Gasteiger partial charge in [0, 0.05) is 26.2 Å². The van der Waals surface area contributed by atoms with Gasteiger partial charge in [0.25, 0.3) is 0 Å². The van der Waals surface area contributed by atoms with E-state index >= 15 is 0 Å². The third kappa shape index (κ3) is 4.11. The quantitative estimate of drug-likeness (QED) is 0.863. The molecule has 116 valence electrons. The Labute approximate surface area is 126 Å². The molecule has 2 amide bonds. The van der Waals surface area contributed by atoms with Gasteiger partial charge in [-0.25, -0.2) is 4.79 Å². The van der Waals surface area contributed by atoms with Gasteiger partial charge in [-0.05, 0) is 37.6 Å². The molecule has 0 spiro atoms. The minimum Gasteiger partial charge on any atom is -0.473 e. The molecule has 1 aliphatic heterocycles. The van der Waals surface area contributed by atoms with E-state index in [-0.39, 0.29) is 12.8 Å². The largest absolute Gasteiger partial charge is 0.473 e. The number of hydrogen-bond donors (Lipinski definition) is 1. The molecular formula is C16H25N3O2. The number of hydrogen-bond acceptors (Lipinski definition) is 3. The molecule has 0 saturated carbocycles. The second-order valence-electron chi connectivity index (χ2n) is 5.39. The number of nitrogens with zero attached hydrogens (tertiary/aromatic N) is 2. The Bertz CT molecular complexity index is 482. The van der Waals surface area contributed by atoms with Crippen molar-refractivity contribution in [2.24, 2.45) is 0 Å². The lowest BCUT2D eigenvalue weighted by atomic mass is 10.1. The molecule has 0 aromatic heterocycles. The van der Waals surface area contributed by atoms with Gasteiger partial charge in [-0.1, -0.05) is 19.1 Å². The van der Waals surface area contributed by atoms with Gasteiger partial charge in [-0.3, -0.25) is 0 Å². The summed E-state index contributed by atoms with van der Waals surface area (Å²) in [6.07, 6.45) is 0. The Morgan fingerprint density at radius 1 is 1.24 bits per heavy atom. The highest BCUT2D eigenvalue weighted by molar-refractivity contribution is 5.74. The summed E-state index contributed by atoms with van der Waals surface area (Å²) in [4.78, 5) is 16.2. The number of likely N-dealkylation sites (N-methyl/N-ethyl adjacent to an activating group) is 1. The summed E-state index contributed by atoms with van der Waals surface area (Å²) in [6.45, 7) is 10.9. The number of carbonyl (C=O) groups is 1. The Balaban J connectivity index is 1.76. The predicted octanol–water partition coefficient (Wildman–Crippen LogP) is 1.99. The number of carbonyl (C=O) groups excluding carboxylic acids is 1. The van der Waals surface area contributed by atoms with E-state index in [1.807, 2.05) is 36.9 Å². The van der Waals surface area contributed by atoms with Crippen molar-refractivity contribution in [3.05, 3.63) is 29.3 Å². The van der Waals surface area contributed by atoms with Crippen molar-refractivity contribution >= 4 is 6.03 Å². The van der Waals surface area contributed by atoms with Crippen molar-refractivity contribution in [2.45, 2.75) is 20.8 Å². The maximum atomic E-state index is 12.1. The summed E-state index contributed by atoms with van der Waals surface area (Å²) in [7, 11) is 0. The highest BCUT2D eigenvalue weighted by atomic mass is 16.5. The summed E-state index contributed by atoms with van der Waals surface area (Å²) in [5.41, 5.74) is 2.30. The summed E-state index contributed by atoms with van der Waals surface area (Å²) >= 11 is 0. The van der Waals surface area contributed by atoms with Gasteiger partial charge in [-0.15, -0.1) is 0 Å². The minimum atomic E-state index is -0.0453. The number of aryl methyl sites for hydroxylation is 1. The van der Waals surface area contributed by atoms with E-state index in [0.29, 0.717) is 0 Å². The highest BCUT2D eigenvalue weighted by Crippen LogP contribution is 2.20. The number of ether oxygens (including phenoxy) is 1. The summed E-state index contributed by atoms with van der Waals surface area (Å²) < 4.78 is 5.65. The van der Waals surface area contributed by atoms with Gasteiger partial charge in [0.15, 0.2) is 6.73 Å². The molecule has 1 aromatic rings. The number of rotatable bonds is 4. The molecule has 1 heterocycles. The van der Waals surface area contributed by atoms with E-state index in [1.54, 1.807) is 0 Å². The molecule has 1 fully saturated rings. The fourth-order valence-electron chi connectivity index (χ4n) is 2.44. The molecule has 2 rings (SSSR count). The Morgan fingerprint density at radius 3 is 2.62 bits per heavy atom. The zero-order chi connectivity index (χ0) is 15.2. The zero-order valence-electron chi connectivity index (χ0n) is 13.2. The second kappa shape index (κ2) is 7.31. The van der Waals surface area contributed by atoms with Gasteiger partial charge in [0.2, 0.25) is 0 Å². The predicted molar refractivity (Wildman–Crippen MR) is 83.6 cm³/mol. The summed E-state index contributed by atoms with van der Waals surface area (Å²) in [5.74, 6) is 0.825. The standard InChI is InChI=1S/C16H25N3O2/c1-4-18-8-10-19(11-9-18)16(20)17-12-21-15-7-5-6-13(2)14(15)3/h5-7H,4,8-12H2,1-3H3,(H,17,20). The lowest BCUT2D eigenvalue weighted by molar-refractivity contribution is 0.137. The number of piperazine rings is 1. The molecule has 0 bridgehead atoms. The molecule has 1 saturated heterocycles. The first-order valence-corrected chi connectivity index (χ1v) is 7.56. The third-order valence-corrected chi connectivity index (χ3v) is 4.11. The van der Waals surface area contributed by atoms with E-state index < -0.39 is 0 Å². The van der Waals surface area contributed by atoms with Crippen LogP contribution >= 0.6 is 0 Å². The average Bonchev–Trinajstić information content (AvgIpc) is 2.51. The van der Waals surface area contributed by atoms with Crippen molar-refractivity contribution in [3.8, 4) is 5.75 Å². The number of nitrogens with one attached hydrogen (secondary N) is 1. The number of amides is 2. The lowest BCUT2D eigenvalue weighted by Crippen LogP contribution is -2.52. The smallest absolute Gasteiger partial charge is 0.320 e. The molecule has 1 aromatic carbocycles. The Kier molecular flexibility index (Phi) is 5.44. The van der Waals surface area contributed by atoms with E-state index in [0.717, 1.165) is 44.0 Å². The van der Waals surface area contributed by atoms with Crippen LogP contribution in [0.4, 0.5) is 4.79 Å². The Hall–Kier alpha value is -1.75. The fraction of sp³-hybridized carbons (Fsp3) is 0.562. The first kappa shape index (κ1) is 15.6. The van der Waals surface area contributed by atoms with Crippen molar-refractivity contribution in [2.75, 3.05) is 39.5 Å². The molecule has 0 unspecified atom stereocenters. The molecule has 5 heteroatoms. The molecule has 0 aliphatic carbocycles.